The lowest BCUT2D eigenvalue weighted by atomic mass is 9.33. The third-order valence-corrected chi connectivity index (χ3v) is 17.3. The number of rotatable bonds is 18. The van der Waals surface area contributed by atoms with Crippen molar-refractivity contribution in [2.45, 2.75) is 228 Å². The summed E-state index contributed by atoms with van der Waals surface area (Å²) in [7, 11) is 0. The normalized spacial score (nSPS) is 38.1. The number of allylic oxidation sites excluding steroid dienone is 2. The van der Waals surface area contributed by atoms with Crippen molar-refractivity contribution in [3.63, 3.8) is 0 Å². The summed E-state index contributed by atoms with van der Waals surface area (Å²) in [5.74, 6) is 1.83. The lowest BCUT2D eigenvalue weighted by Crippen LogP contribution is -2.64. The van der Waals surface area contributed by atoms with E-state index in [9.17, 15) is 9.90 Å². The van der Waals surface area contributed by atoms with E-state index >= 15 is 0 Å². The minimum Gasteiger partial charge on any atom is -0.465 e. The Bertz CT molecular complexity index is 1170. The van der Waals surface area contributed by atoms with Crippen LogP contribution in [-0.2, 0) is 9.53 Å². The highest BCUT2D eigenvalue weighted by Gasteiger charge is 2.68. The lowest BCUT2D eigenvalue weighted by Gasteiger charge is -2.71. The first-order valence-corrected chi connectivity index (χ1v) is 22.7. The second-order valence-electron chi connectivity index (χ2n) is 21.3. The van der Waals surface area contributed by atoms with Gasteiger partial charge in [-0.2, -0.15) is 0 Å². The van der Waals surface area contributed by atoms with Gasteiger partial charge in [0.05, 0.1) is 12.7 Å². The smallest absolute Gasteiger partial charge is 0.305 e. The molecule has 0 saturated heterocycles. The van der Waals surface area contributed by atoms with Crippen molar-refractivity contribution in [3.05, 3.63) is 11.6 Å². The fourth-order valence-electron chi connectivity index (χ4n) is 13.5. The Balaban J connectivity index is 1.11. The molecule has 0 aromatic rings. The highest BCUT2D eigenvalue weighted by molar-refractivity contribution is 5.69. The molecule has 0 aromatic heterocycles. The van der Waals surface area contributed by atoms with Gasteiger partial charge in [-0.3, -0.25) is 4.79 Å². The van der Waals surface area contributed by atoms with Crippen LogP contribution < -0.4 is 0 Å². The van der Waals surface area contributed by atoms with E-state index in [1.165, 1.54) is 135 Å². The van der Waals surface area contributed by atoms with Crippen molar-refractivity contribution >= 4 is 5.97 Å². The van der Waals surface area contributed by atoms with E-state index in [1.54, 1.807) is 5.57 Å². The maximum absolute atomic E-state index is 13.2. The van der Waals surface area contributed by atoms with Crippen LogP contribution in [0.25, 0.3) is 0 Å². The first kappa shape index (κ1) is 41.3. The maximum atomic E-state index is 13.2. The number of aliphatic hydroxyl groups excluding tert-OH is 1. The summed E-state index contributed by atoms with van der Waals surface area (Å²) in [6.45, 7) is 20.6. The van der Waals surface area contributed by atoms with Gasteiger partial charge in [-0.1, -0.05) is 157 Å². The highest BCUT2D eigenvalue weighted by Crippen LogP contribution is 2.75. The first-order valence-electron chi connectivity index (χ1n) is 22.7. The van der Waals surface area contributed by atoms with Crippen molar-refractivity contribution in [1.82, 2.24) is 0 Å². The molecule has 3 heteroatoms. The molecule has 8 unspecified atom stereocenters. The second kappa shape index (κ2) is 16.9. The van der Waals surface area contributed by atoms with Crippen molar-refractivity contribution in [1.29, 1.82) is 0 Å². The van der Waals surface area contributed by atoms with Crippen LogP contribution in [0.5, 0.6) is 0 Å². The molecule has 0 bridgehead atoms. The topological polar surface area (TPSA) is 46.5 Å². The zero-order valence-corrected chi connectivity index (χ0v) is 35.2. The van der Waals surface area contributed by atoms with Gasteiger partial charge in [-0.25, -0.2) is 0 Å². The van der Waals surface area contributed by atoms with Crippen LogP contribution >= 0.6 is 0 Å². The van der Waals surface area contributed by atoms with E-state index < -0.39 is 0 Å². The Labute approximate surface area is 316 Å². The molecule has 0 heterocycles. The van der Waals surface area contributed by atoms with Gasteiger partial charge in [0.25, 0.3) is 0 Å². The van der Waals surface area contributed by atoms with Crippen LogP contribution in [0.1, 0.15) is 222 Å². The predicted octanol–water partition coefficient (Wildman–Crippen LogP) is 14.0. The van der Waals surface area contributed by atoms with Gasteiger partial charge >= 0.3 is 5.97 Å². The number of carbonyl (C=O) groups excluding carboxylic acids is 1. The summed E-state index contributed by atoms with van der Waals surface area (Å²) in [4.78, 5) is 13.2. The Morgan fingerprint density at radius 1 is 0.706 bits per heavy atom. The van der Waals surface area contributed by atoms with Gasteiger partial charge in [0, 0.05) is 11.8 Å². The molecule has 51 heavy (non-hydrogen) atoms. The standard InChI is InChI=1S/C48H84O3/c1-9-10-11-12-13-14-15-16-17-18-19-20-21-22-23-24-42(50)51-36-48-33-31-43(2,3)35-38(48)37-25-26-40-45(6)29-28-41(49)44(4,5)39(45)27-30-47(40,8)46(37,7)32-34-48/h25,38-41,49H,9-24,26-36H2,1-8H3. The summed E-state index contributed by atoms with van der Waals surface area (Å²) < 4.78 is 6.30. The first-order chi connectivity index (χ1) is 24.2. The van der Waals surface area contributed by atoms with Gasteiger partial charge in [-0.15, -0.1) is 0 Å². The highest BCUT2D eigenvalue weighted by atomic mass is 16.5. The third kappa shape index (κ3) is 8.54. The molecule has 5 aliphatic rings. The van der Waals surface area contributed by atoms with E-state index in [0.29, 0.717) is 36.2 Å². The maximum Gasteiger partial charge on any atom is 0.305 e. The van der Waals surface area contributed by atoms with Crippen molar-refractivity contribution in [2.75, 3.05) is 6.61 Å². The molecular formula is C48H84O3. The van der Waals surface area contributed by atoms with Crippen LogP contribution in [0.15, 0.2) is 11.6 Å². The number of esters is 1. The molecule has 1 N–H and O–H groups in total. The molecule has 294 valence electrons. The summed E-state index contributed by atoms with van der Waals surface area (Å²) in [6.07, 6.45) is 35.3. The van der Waals surface area contributed by atoms with Gasteiger partial charge in [0.1, 0.15) is 0 Å². The molecule has 4 saturated carbocycles. The van der Waals surface area contributed by atoms with Gasteiger partial charge < -0.3 is 9.84 Å². The summed E-state index contributed by atoms with van der Waals surface area (Å²) in [5, 5.41) is 11.1. The molecule has 4 fully saturated rings. The van der Waals surface area contributed by atoms with Gasteiger partial charge in [-0.05, 0) is 115 Å². The number of carbonyl (C=O) groups is 1. The molecular weight excluding hydrogens is 625 g/mol. The molecule has 3 nitrogen and oxygen atoms in total. The third-order valence-electron chi connectivity index (χ3n) is 17.3. The van der Waals surface area contributed by atoms with Crippen molar-refractivity contribution in [2.24, 2.45) is 50.2 Å². The molecule has 0 spiro atoms. The summed E-state index contributed by atoms with van der Waals surface area (Å²) >= 11 is 0. The molecule has 5 aliphatic carbocycles. The van der Waals surface area contributed by atoms with Crippen molar-refractivity contribution in [3.8, 4) is 0 Å². The van der Waals surface area contributed by atoms with E-state index in [0.717, 1.165) is 25.7 Å². The zero-order chi connectivity index (χ0) is 37.0. The molecule has 5 rings (SSSR count). The largest absolute Gasteiger partial charge is 0.465 e. The lowest BCUT2D eigenvalue weighted by molar-refractivity contribution is -0.205. The molecule has 0 amide bonds. The van der Waals surface area contributed by atoms with E-state index in [-0.39, 0.29) is 39.1 Å². The molecule has 0 aliphatic heterocycles. The predicted molar refractivity (Wildman–Crippen MR) is 216 cm³/mol. The SMILES string of the molecule is CCCCCCCCCCCCCCCCCC(=O)OCC12CCC(C)(C)CC1C1=CCC3C4(C)CCC(O)C(C)(C)C4CCC3(C)C1(C)CC2. The zero-order valence-electron chi connectivity index (χ0n) is 35.2. The van der Waals surface area contributed by atoms with Crippen LogP contribution in [0.3, 0.4) is 0 Å². The average molecular weight is 709 g/mol. The molecule has 8 atom stereocenters. The monoisotopic (exact) mass is 709 g/mol. The number of ether oxygens (including phenoxy) is 1. The fourth-order valence-corrected chi connectivity index (χ4v) is 13.5. The number of hydrogen-bond donors (Lipinski definition) is 1. The fraction of sp³-hybridized carbons (Fsp3) is 0.938. The van der Waals surface area contributed by atoms with Gasteiger partial charge in [0.2, 0.25) is 0 Å². The number of fused-ring (bicyclic) bond motifs is 7. The Morgan fingerprint density at radius 2 is 1.27 bits per heavy atom. The van der Waals surface area contributed by atoms with Crippen LogP contribution in [0.2, 0.25) is 0 Å². The van der Waals surface area contributed by atoms with Crippen molar-refractivity contribution < 1.29 is 14.6 Å². The second-order valence-corrected chi connectivity index (χ2v) is 21.3. The molecule has 0 radical (unpaired) electrons. The summed E-state index contributed by atoms with van der Waals surface area (Å²) in [6, 6.07) is 0. The van der Waals surface area contributed by atoms with E-state index in [2.05, 4.69) is 61.5 Å². The van der Waals surface area contributed by atoms with E-state index in [1.807, 2.05) is 0 Å². The Morgan fingerprint density at radius 3 is 1.88 bits per heavy atom. The Kier molecular flexibility index (Phi) is 13.7. The average Bonchev–Trinajstić information content (AvgIpc) is 3.08. The van der Waals surface area contributed by atoms with Crippen LogP contribution in [0.4, 0.5) is 0 Å². The minimum absolute atomic E-state index is 0.00929. The van der Waals surface area contributed by atoms with Crippen LogP contribution in [0, 0.1) is 50.2 Å². The number of aliphatic hydroxyl groups is 1. The van der Waals surface area contributed by atoms with Gasteiger partial charge in [0.15, 0.2) is 0 Å². The van der Waals surface area contributed by atoms with E-state index in [4.69, 9.17) is 4.74 Å². The molecule has 0 aromatic carbocycles. The number of hydrogen-bond acceptors (Lipinski definition) is 3. The summed E-state index contributed by atoms with van der Waals surface area (Å²) in [5.41, 5.74) is 2.93. The van der Waals surface area contributed by atoms with Crippen LogP contribution in [-0.4, -0.2) is 23.8 Å². The minimum atomic E-state index is -0.174. The Hall–Kier alpha value is -0.830. The quantitative estimate of drug-likeness (QED) is 0.0876. The number of unbranched alkanes of at least 4 members (excludes halogenated alkanes) is 14.